The van der Waals surface area contributed by atoms with Gasteiger partial charge in [-0.25, -0.2) is 0 Å². The molecule has 0 unspecified atom stereocenters. The Morgan fingerprint density at radius 2 is 1.93 bits per heavy atom. The molecule has 3 heteroatoms. The zero-order valence-corrected chi connectivity index (χ0v) is 8.14. The summed E-state index contributed by atoms with van der Waals surface area (Å²) in [6.07, 6.45) is 1.86. The van der Waals surface area contributed by atoms with Crippen LogP contribution in [0.25, 0.3) is 0 Å². The average Bonchev–Trinajstić information content (AvgIpc) is 2.20. The lowest BCUT2D eigenvalue weighted by Gasteiger charge is -1.81. The van der Waals surface area contributed by atoms with Crippen LogP contribution in [-0.2, 0) is 4.79 Å². The summed E-state index contributed by atoms with van der Waals surface area (Å²) in [6, 6.07) is 9.10. The number of hydrogen-bond donors (Lipinski definition) is 1. The summed E-state index contributed by atoms with van der Waals surface area (Å²) < 4.78 is 0. The van der Waals surface area contributed by atoms with Crippen molar-refractivity contribution in [3.63, 3.8) is 0 Å². The van der Waals surface area contributed by atoms with Gasteiger partial charge >= 0.3 is 5.97 Å². The number of carbonyl (C=O) groups excluding carboxylic acids is 1. The summed E-state index contributed by atoms with van der Waals surface area (Å²) in [4.78, 5) is 19.6. The molecule has 0 saturated carbocycles. The lowest BCUT2D eigenvalue weighted by Crippen LogP contribution is -1.90. The van der Waals surface area contributed by atoms with Crippen LogP contribution in [0.5, 0.6) is 0 Å². The number of carbonyl (C=O) groups is 2. The van der Waals surface area contributed by atoms with E-state index in [0.717, 1.165) is 18.3 Å². The van der Waals surface area contributed by atoms with E-state index in [9.17, 15) is 9.59 Å². The maximum atomic E-state index is 10.0. The van der Waals surface area contributed by atoms with Crippen LogP contribution < -0.4 is 0 Å². The summed E-state index contributed by atoms with van der Waals surface area (Å²) in [5, 5.41) is 7.91. The van der Waals surface area contributed by atoms with E-state index in [0.29, 0.717) is 6.42 Å². The maximum absolute atomic E-state index is 10.0. The number of carboxylic acid groups (broad SMARTS) is 1. The average molecular weight is 194 g/mol. The highest BCUT2D eigenvalue weighted by Crippen LogP contribution is 1.91. The minimum atomic E-state index is -0.711. The van der Waals surface area contributed by atoms with E-state index in [1.807, 2.05) is 25.1 Å². The van der Waals surface area contributed by atoms with Crippen molar-refractivity contribution in [3.8, 4) is 0 Å². The molecule has 0 amide bonds. The first kappa shape index (κ1) is 12.4. The van der Waals surface area contributed by atoms with Crippen LogP contribution >= 0.6 is 0 Å². The van der Waals surface area contributed by atoms with Gasteiger partial charge in [0.15, 0.2) is 0 Å². The molecule has 1 aromatic rings. The lowest BCUT2D eigenvalue weighted by molar-refractivity contribution is -0.137. The second-order valence-corrected chi connectivity index (χ2v) is 2.67. The molecule has 76 valence electrons. The first-order valence-electron chi connectivity index (χ1n) is 4.42. The molecule has 0 fully saturated rings. The third-order valence-corrected chi connectivity index (χ3v) is 1.40. The van der Waals surface area contributed by atoms with Gasteiger partial charge in [0.05, 0.1) is 0 Å². The molecule has 0 atom stereocenters. The Kier molecular flexibility index (Phi) is 7.05. The van der Waals surface area contributed by atoms with Gasteiger partial charge in [0.25, 0.3) is 0 Å². The van der Waals surface area contributed by atoms with Gasteiger partial charge in [-0.2, -0.15) is 0 Å². The lowest BCUT2D eigenvalue weighted by atomic mass is 10.2. The van der Waals surface area contributed by atoms with Crippen LogP contribution in [0.1, 0.15) is 30.1 Å². The number of aliphatic carboxylic acids is 1. The van der Waals surface area contributed by atoms with E-state index in [-0.39, 0.29) is 0 Å². The Morgan fingerprint density at radius 3 is 2.14 bits per heavy atom. The predicted octanol–water partition coefficient (Wildman–Crippen LogP) is 2.37. The van der Waals surface area contributed by atoms with E-state index < -0.39 is 5.97 Å². The van der Waals surface area contributed by atoms with Crippen molar-refractivity contribution in [2.75, 3.05) is 0 Å². The molecule has 0 aromatic heterocycles. The van der Waals surface area contributed by atoms with Crippen LogP contribution in [0.15, 0.2) is 30.3 Å². The van der Waals surface area contributed by atoms with Gasteiger partial charge < -0.3 is 5.11 Å². The number of rotatable bonds is 3. The van der Waals surface area contributed by atoms with E-state index in [1.165, 1.54) is 0 Å². The fourth-order valence-electron chi connectivity index (χ4n) is 0.745. The molecule has 0 spiro atoms. The zero-order chi connectivity index (χ0) is 10.8. The molecule has 0 heterocycles. The number of carboxylic acids is 1. The SMILES string of the molecule is CCCC(=O)O.O=Cc1ccccc1. The summed E-state index contributed by atoms with van der Waals surface area (Å²) in [5.41, 5.74) is 0.729. The van der Waals surface area contributed by atoms with Gasteiger partial charge in [-0.15, -0.1) is 0 Å². The Balaban J connectivity index is 0.000000255. The van der Waals surface area contributed by atoms with Crippen molar-refractivity contribution in [2.24, 2.45) is 0 Å². The van der Waals surface area contributed by atoms with Gasteiger partial charge in [0.1, 0.15) is 6.29 Å². The number of aldehydes is 1. The minimum absolute atomic E-state index is 0.292. The van der Waals surface area contributed by atoms with E-state index in [1.54, 1.807) is 12.1 Å². The van der Waals surface area contributed by atoms with Crippen molar-refractivity contribution >= 4 is 12.3 Å². The first-order chi connectivity index (χ1) is 6.70. The fraction of sp³-hybridized carbons (Fsp3) is 0.273. The molecule has 3 nitrogen and oxygen atoms in total. The Morgan fingerprint density at radius 1 is 1.36 bits per heavy atom. The zero-order valence-electron chi connectivity index (χ0n) is 8.14. The summed E-state index contributed by atoms with van der Waals surface area (Å²) in [7, 11) is 0. The van der Waals surface area contributed by atoms with Gasteiger partial charge in [-0.3, -0.25) is 9.59 Å². The molecule has 0 radical (unpaired) electrons. The molecular weight excluding hydrogens is 180 g/mol. The molecule has 1 N–H and O–H groups in total. The largest absolute Gasteiger partial charge is 0.481 e. The van der Waals surface area contributed by atoms with Crippen molar-refractivity contribution in [1.29, 1.82) is 0 Å². The normalized spacial score (nSPS) is 8.36. The Labute approximate surface area is 83.4 Å². The van der Waals surface area contributed by atoms with Crippen molar-refractivity contribution in [2.45, 2.75) is 19.8 Å². The van der Waals surface area contributed by atoms with Crippen LogP contribution in [0.2, 0.25) is 0 Å². The molecular formula is C11H14O3. The molecule has 0 saturated heterocycles. The van der Waals surface area contributed by atoms with Crippen LogP contribution in [0.3, 0.4) is 0 Å². The molecule has 1 rings (SSSR count). The highest BCUT2D eigenvalue weighted by atomic mass is 16.4. The minimum Gasteiger partial charge on any atom is -0.481 e. The second kappa shape index (κ2) is 7.98. The van der Waals surface area contributed by atoms with Gasteiger partial charge in [0.2, 0.25) is 0 Å². The molecule has 0 bridgehead atoms. The van der Waals surface area contributed by atoms with E-state index in [2.05, 4.69) is 0 Å². The fourth-order valence-corrected chi connectivity index (χ4v) is 0.745. The third-order valence-electron chi connectivity index (χ3n) is 1.40. The number of benzene rings is 1. The van der Waals surface area contributed by atoms with Crippen LogP contribution in [0, 0.1) is 0 Å². The quantitative estimate of drug-likeness (QED) is 0.751. The topological polar surface area (TPSA) is 54.4 Å². The van der Waals surface area contributed by atoms with Gasteiger partial charge in [-0.05, 0) is 6.42 Å². The Bertz CT molecular complexity index is 267. The molecule has 0 aliphatic heterocycles. The van der Waals surface area contributed by atoms with Crippen molar-refractivity contribution < 1.29 is 14.7 Å². The van der Waals surface area contributed by atoms with Crippen LogP contribution in [-0.4, -0.2) is 17.4 Å². The van der Waals surface area contributed by atoms with Gasteiger partial charge in [0, 0.05) is 12.0 Å². The second-order valence-electron chi connectivity index (χ2n) is 2.67. The summed E-state index contributed by atoms with van der Waals surface area (Å²) in [5.74, 6) is -0.711. The Hall–Kier alpha value is -1.64. The van der Waals surface area contributed by atoms with Crippen molar-refractivity contribution in [1.82, 2.24) is 0 Å². The summed E-state index contributed by atoms with van der Waals surface area (Å²) >= 11 is 0. The molecule has 0 aliphatic carbocycles. The molecule has 0 aliphatic rings. The third kappa shape index (κ3) is 7.03. The molecule has 1 aromatic carbocycles. The van der Waals surface area contributed by atoms with E-state index >= 15 is 0 Å². The number of hydrogen-bond acceptors (Lipinski definition) is 2. The molecule has 14 heavy (non-hydrogen) atoms. The smallest absolute Gasteiger partial charge is 0.303 e. The standard InChI is InChI=1S/C7H6O.C4H8O2/c8-6-7-4-2-1-3-5-7;1-2-3-4(5)6/h1-6H;2-3H2,1H3,(H,5,6). The maximum Gasteiger partial charge on any atom is 0.303 e. The first-order valence-corrected chi connectivity index (χ1v) is 4.42. The predicted molar refractivity (Wildman–Crippen MR) is 54.4 cm³/mol. The van der Waals surface area contributed by atoms with Crippen LogP contribution in [0.4, 0.5) is 0 Å². The summed E-state index contributed by atoms with van der Waals surface area (Å²) in [6.45, 7) is 1.84. The van der Waals surface area contributed by atoms with E-state index in [4.69, 9.17) is 5.11 Å². The highest BCUT2D eigenvalue weighted by molar-refractivity contribution is 5.74. The van der Waals surface area contributed by atoms with Crippen molar-refractivity contribution in [3.05, 3.63) is 35.9 Å². The monoisotopic (exact) mass is 194 g/mol. The highest BCUT2D eigenvalue weighted by Gasteiger charge is 1.87. The van der Waals surface area contributed by atoms with Gasteiger partial charge in [-0.1, -0.05) is 37.3 Å².